The minimum atomic E-state index is -0.794. The maximum Gasteiger partial charge on any atom is 0.279 e. The summed E-state index contributed by atoms with van der Waals surface area (Å²) in [6.45, 7) is 3.37. The number of anilines is 1. The van der Waals surface area contributed by atoms with Crippen molar-refractivity contribution in [2.45, 2.75) is 44.2 Å². The molecule has 0 spiro atoms. The van der Waals surface area contributed by atoms with Gasteiger partial charge in [-0.3, -0.25) is 4.79 Å². The van der Waals surface area contributed by atoms with Gasteiger partial charge in [-0.1, -0.05) is 5.21 Å². The molecule has 0 unspecified atom stereocenters. The fourth-order valence-electron chi connectivity index (χ4n) is 3.16. The maximum atomic E-state index is 11.9. The summed E-state index contributed by atoms with van der Waals surface area (Å²) in [4.78, 5) is 14.4. The molecule has 0 aromatic carbocycles. The van der Waals surface area contributed by atoms with Crippen molar-refractivity contribution in [3.63, 3.8) is 0 Å². The van der Waals surface area contributed by atoms with E-state index >= 15 is 0 Å². The van der Waals surface area contributed by atoms with Crippen LogP contribution in [0.25, 0.3) is 11.0 Å². The molecule has 0 saturated carbocycles. The minimum absolute atomic E-state index is 0.157. The van der Waals surface area contributed by atoms with Crippen molar-refractivity contribution in [1.82, 2.24) is 20.0 Å². The number of nitrogens with one attached hydrogen (secondary N) is 1. The molecule has 4 N–H and O–H groups in total. The van der Waals surface area contributed by atoms with Gasteiger partial charge in [0, 0.05) is 6.07 Å². The van der Waals surface area contributed by atoms with Crippen LogP contribution in [0.5, 0.6) is 0 Å². The topological polar surface area (TPSA) is 138 Å². The molecular weight excluding hydrogens is 306 g/mol. The maximum absolute atomic E-state index is 11.9. The second kappa shape index (κ2) is 4.74. The van der Waals surface area contributed by atoms with E-state index < -0.39 is 35.9 Å². The monoisotopic (exact) mass is 323 g/mol. The molecule has 4 heterocycles. The van der Waals surface area contributed by atoms with Crippen LogP contribution in [-0.2, 0) is 14.2 Å². The Morgan fingerprint density at radius 2 is 2.17 bits per heavy atom. The summed E-state index contributed by atoms with van der Waals surface area (Å²) in [5.74, 6) is -0.597. The van der Waals surface area contributed by atoms with Crippen LogP contribution in [0.3, 0.4) is 0 Å². The van der Waals surface area contributed by atoms with Gasteiger partial charge in [0.15, 0.2) is 17.5 Å². The number of fused-ring (bicyclic) bond motifs is 2. The molecule has 2 fully saturated rings. The van der Waals surface area contributed by atoms with Crippen LogP contribution in [0.1, 0.15) is 20.1 Å². The molecule has 2 saturated heterocycles. The van der Waals surface area contributed by atoms with Crippen molar-refractivity contribution in [2.75, 3.05) is 12.3 Å². The summed E-state index contributed by atoms with van der Waals surface area (Å²) < 4.78 is 18.9. The van der Waals surface area contributed by atoms with Gasteiger partial charge in [-0.05, 0) is 13.8 Å². The largest absolute Gasteiger partial charge is 0.394 e. The molecular formula is C13H17N5O5. The van der Waals surface area contributed by atoms with Gasteiger partial charge in [-0.2, -0.15) is 0 Å². The van der Waals surface area contributed by atoms with Crippen molar-refractivity contribution >= 4 is 16.9 Å². The highest BCUT2D eigenvalue weighted by Crippen LogP contribution is 2.43. The fraction of sp³-hybridized carbons (Fsp3) is 0.615. The Balaban J connectivity index is 1.80. The zero-order chi connectivity index (χ0) is 16.4. The lowest BCUT2D eigenvalue weighted by Crippen LogP contribution is -2.31. The first-order valence-electron chi connectivity index (χ1n) is 7.25. The van der Waals surface area contributed by atoms with Gasteiger partial charge >= 0.3 is 0 Å². The number of ether oxygens (including phenoxy) is 3. The highest BCUT2D eigenvalue weighted by atomic mass is 16.8. The van der Waals surface area contributed by atoms with E-state index in [0.717, 1.165) is 0 Å². The Morgan fingerprint density at radius 1 is 1.43 bits per heavy atom. The van der Waals surface area contributed by atoms with Crippen LogP contribution in [0.2, 0.25) is 0 Å². The summed E-state index contributed by atoms with van der Waals surface area (Å²) in [5, 5.41) is 17.4. The number of nitrogens with two attached hydrogens (primary N) is 1. The van der Waals surface area contributed by atoms with E-state index in [1.807, 2.05) is 0 Å². The summed E-state index contributed by atoms with van der Waals surface area (Å²) in [6, 6.07) is 1.56. The zero-order valence-corrected chi connectivity index (χ0v) is 12.6. The van der Waals surface area contributed by atoms with E-state index in [9.17, 15) is 9.90 Å². The third kappa shape index (κ3) is 2.14. The summed E-state index contributed by atoms with van der Waals surface area (Å²) in [5.41, 5.74) is 5.86. The van der Waals surface area contributed by atoms with Gasteiger partial charge in [0.05, 0.1) is 6.61 Å². The molecule has 4 atom stereocenters. The van der Waals surface area contributed by atoms with Crippen molar-refractivity contribution in [2.24, 2.45) is 0 Å². The Bertz CT molecular complexity index is 815. The first kappa shape index (κ1) is 14.6. The lowest BCUT2D eigenvalue weighted by molar-refractivity contribution is -0.201. The van der Waals surface area contributed by atoms with E-state index in [1.54, 1.807) is 19.9 Å². The number of pyridine rings is 1. The second-order valence-corrected chi connectivity index (χ2v) is 6.13. The van der Waals surface area contributed by atoms with E-state index in [2.05, 4.69) is 15.3 Å². The number of hydrogen-bond donors (Lipinski definition) is 3. The van der Waals surface area contributed by atoms with Gasteiger partial charge in [-0.25, -0.2) is 4.68 Å². The molecule has 2 aliphatic rings. The molecule has 0 bridgehead atoms. The molecule has 10 heteroatoms. The fourth-order valence-corrected chi connectivity index (χ4v) is 3.16. The van der Waals surface area contributed by atoms with Gasteiger partial charge in [0.25, 0.3) is 5.56 Å². The molecule has 2 aliphatic heterocycles. The molecule has 10 nitrogen and oxygen atoms in total. The number of H-pyrrole nitrogens is 1. The number of rotatable bonds is 2. The van der Waals surface area contributed by atoms with Crippen LogP contribution < -0.4 is 11.3 Å². The van der Waals surface area contributed by atoms with E-state index in [4.69, 9.17) is 19.9 Å². The SMILES string of the molecule is CC1(C)O[C@@H]2[C@H](O1)[C@@H](CO)O[C@H]2n1nnc2c(=O)[nH]c(N)cc21. The number of aliphatic hydroxyl groups is 1. The van der Waals surface area contributed by atoms with Gasteiger partial charge in [-0.15, -0.1) is 5.10 Å². The van der Waals surface area contributed by atoms with Gasteiger partial charge in [0.1, 0.15) is 29.6 Å². The number of nitrogen functional groups attached to an aromatic ring is 1. The van der Waals surface area contributed by atoms with Crippen LogP contribution in [0.15, 0.2) is 10.9 Å². The highest BCUT2D eigenvalue weighted by Gasteiger charge is 2.56. The molecule has 2 aromatic rings. The summed E-state index contributed by atoms with van der Waals surface area (Å²) in [7, 11) is 0. The normalized spacial score (nSPS) is 32.5. The average Bonchev–Trinajstić information content (AvgIpc) is 3.09. The van der Waals surface area contributed by atoms with Gasteiger partial charge < -0.3 is 30.0 Å². The third-order valence-electron chi connectivity index (χ3n) is 4.04. The first-order valence-corrected chi connectivity index (χ1v) is 7.25. The minimum Gasteiger partial charge on any atom is -0.394 e. The number of nitrogens with zero attached hydrogens (tertiary/aromatic N) is 3. The zero-order valence-electron chi connectivity index (χ0n) is 12.6. The number of aromatic nitrogens is 4. The number of aromatic amines is 1. The predicted octanol–water partition coefficient (Wildman–Crippen LogP) is -0.888. The Morgan fingerprint density at radius 3 is 2.91 bits per heavy atom. The standard InChI is InChI=1S/C13H17N5O5/c1-13(2)22-9-6(4-19)21-12(10(9)23-13)18-5-3-7(14)15-11(20)8(5)16-17-18/h3,6,9-10,12,19H,4H2,1-2H3,(H3,14,15,20)/t6-,9-,10-,12-/m1/s1. The van der Waals surface area contributed by atoms with E-state index in [-0.39, 0.29) is 17.9 Å². The molecule has 4 rings (SSSR count). The van der Waals surface area contributed by atoms with E-state index in [1.165, 1.54) is 4.68 Å². The highest BCUT2D eigenvalue weighted by molar-refractivity contribution is 5.75. The Labute approximate surface area is 130 Å². The molecule has 0 radical (unpaired) electrons. The van der Waals surface area contributed by atoms with Crippen molar-refractivity contribution < 1.29 is 19.3 Å². The molecule has 0 amide bonds. The van der Waals surface area contributed by atoms with Crippen molar-refractivity contribution in [3.8, 4) is 0 Å². The number of hydrogen-bond acceptors (Lipinski definition) is 8. The molecule has 23 heavy (non-hydrogen) atoms. The quantitative estimate of drug-likeness (QED) is 0.647. The molecule has 124 valence electrons. The van der Waals surface area contributed by atoms with Crippen molar-refractivity contribution in [3.05, 3.63) is 16.4 Å². The lowest BCUT2D eigenvalue weighted by atomic mass is 10.1. The van der Waals surface area contributed by atoms with E-state index in [0.29, 0.717) is 5.52 Å². The summed E-state index contributed by atoms with van der Waals surface area (Å²) in [6.07, 6.45) is -2.14. The lowest BCUT2D eigenvalue weighted by Gasteiger charge is -2.23. The van der Waals surface area contributed by atoms with Crippen LogP contribution >= 0.6 is 0 Å². The average molecular weight is 323 g/mol. The third-order valence-corrected chi connectivity index (χ3v) is 4.04. The Hall–Kier alpha value is -2.01. The van der Waals surface area contributed by atoms with Gasteiger partial charge in [0.2, 0.25) is 0 Å². The first-order chi connectivity index (χ1) is 10.9. The second-order valence-electron chi connectivity index (χ2n) is 6.13. The summed E-state index contributed by atoms with van der Waals surface area (Å²) >= 11 is 0. The molecule has 2 aromatic heterocycles. The Kier molecular flexibility index (Phi) is 3.00. The number of aliphatic hydroxyl groups excluding tert-OH is 1. The predicted molar refractivity (Wildman–Crippen MR) is 77.4 cm³/mol. The van der Waals surface area contributed by atoms with Crippen LogP contribution in [0, 0.1) is 0 Å². The van der Waals surface area contributed by atoms with Crippen LogP contribution in [0.4, 0.5) is 5.82 Å². The van der Waals surface area contributed by atoms with Crippen LogP contribution in [-0.4, -0.2) is 55.8 Å². The smallest absolute Gasteiger partial charge is 0.279 e. The molecule has 0 aliphatic carbocycles. The van der Waals surface area contributed by atoms with Crippen molar-refractivity contribution in [1.29, 1.82) is 0 Å².